The summed E-state index contributed by atoms with van der Waals surface area (Å²) in [7, 11) is 0. The molecule has 6 nitrogen and oxygen atoms in total. The van der Waals surface area contributed by atoms with Crippen LogP contribution in [0.3, 0.4) is 0 Å². The maximum absolute atomic E-state index is 11.8. The van der Waals surface area contributed by atoms with E-state index >= 15 is 0 Å². The number of nitrogens with zero attached hydrogens (tertiary/aromatic N) is 2. The van der Waals surface area contributed by atoms with E-state index in [0.29, 0.717) is 21.2 Å². The van der Waals surface area contributed by atoms with E-state index < -0.39 is 0 Å². The van der Waals surface area contributed by atoms with Crippen molar-refractivity contribution in [1.82, 2.24) is 10.9 Å². The quantitative estimate of drug-likeness (QED) is 0.120. The molecule has 0 aliphatic heterocycles. The third-order valence-electron chi connectivity index (χ3n) is 5.05. The second-order valence-electron chi connectivity index (χ2n) is 7.58. The summed E-state index contributed by atoms with van der Waals surface area (Å²) in [6, 6.07) is 29.1. The number of benzene rings is 2. The van der Waals surface area contributed by atoms with Gasteiger partial charge in [0.1, 0.15) is 0 Å². The van der Waals surface area contributed by atoms with Crippen molar-refractivity contribution < 1.29 is 26.7 Å². The Bertz CT molecular complexity index is 1260. The molecule has 0 aromatic heterocycles. The minimum absolute atomic E-state index is 0. The van der Waals surface area contributed by atoms with Crippen LogP contribution in [0.2, 0.25) is 10.0 Å². The smallest absolute Gasteiger partial charge is 0.267 e. The average molecular weight is 575 g/mol. The fourth-order valence-electron chi connectivity index (χ4n) is 3.04. The van der Waals surface area contributed by atoms with Crippen molar-refractivity contribution in [3.8, 4) is 0 Å². The van der Waals surface area contributed by atoms with E-state index in [1.807, 2.05) is 62.4 Å². The van der Waals surface area contributed by atoms with Crippen LogP contribution in [0, 0.1) is 0 Å². The van der Waals surface area contributed by atoms with Gasteiger partial charge in [0.05, 0.1) is 21.2 Å². The van der Waals surface area contributed by atoms with Crippen LogP contribution in [0.5, 0.6) is 0 Å². The van der Waals surface area contributed by atoms with Crippen molar-refractivity contribution in [3.63, 3.8) is 0 Å². The van der Waals surface area contributed by atoms with E-state index in [-0.39, 0.29) is 28.9 Å². The molecule has 0 saturated carbocycles. The molecule has 9 heteroatoms. The molecular formula is C28H24Cl2FeN4O2. The van der Waals surface area contributed by atoms with E-state index in [4.69, 9.17) is 23.2 Å². The molecule has 190 valence electrons. The standard InChI is InChI=1S/2C14H12ClN2O.Fe/c2*1-10(11-6-2-3-7-11)16-17-14(18)12-8-4-5-9-13(12)15;/h2*2-9H,1H3,(H,17,18);/q2*-1;+2. The minimum atomic E-state index is -0.313. The molecule has 0 radical (unpaired) electrons. The van der Waals surface area contributed by atoms with Gasteiger partial charge in [0.15, 0.2) is 0 Å². The van der Waals surface area contributed by atoms with Crippen LogP contribution in [0.15, 0.2) is 107 Å². The van der Waals surface area contributed by atoms with Crippen molar-refractivity contribution in [2.24, 2.45) is 10.2 Å². The molecule has 0 heterocycles. The van der Waals surface area contributed by atoms with Gasteiger partial charge in [-0.25, -0.2) is 10.2 Å². The third-order valence-corrected chi connectivity index (χ3v) is 5.71. The fraction of sp³-hybridized carbons (Fsp3) is 0.0714. The van der Waals surface area contributed by atoms with Gasteiger partial charge in [-0.1, -0.05) is 61.3 Å². The van der Waals surface area contributed by atoms with Crippen LogP contribution < -0.4 is 10.9 Å². The molecule has 0 atom stereocenters. The summed E-state index contributed by atoms with van der Waals surface area (Å²) in [5, 5.41) is 8.91. The topological polar surface area (TPSA) is 82.9 Å². The third kappa shape index (κ3) is 8.84. The first-order valence-electron chi connectivity index (χ1n) is 11.0. The summed E-state index contributed by atoms with van der Waals surface area (Å²) in [5.74, 6) is -0.627. The van der Waals surface area contributed by atoms with Gasteiger partial charge in [0.25, 0.3) is 11.8 Å². The Labute approximate surface area is 236 Å². The molecule has 4 aromatic rings. The number of halogens is 2. The molecule has 0 fully saturated rings. The zero-order valence-electron chi connectivity index (χ0n) is 20.1. The summed E-state index contributed by atoms with van der Waals surface area (Å²) in [6.45, 7) is 3.67. The number of hydrazone groups is 2. The molecule has 0 aliphatic rings. The zero-order valence-corrected chi connectivity index (χ0v) is 22.7. The Kier molecular flexibility index (Phi) is 12.0. The van der Waals surface area contributed by atoms with Gasteiger partial charge < -0.3 is 0 Å². The molecule has 4 aromatic carbocycles. The van der Waals surface area contributed by atoms with Crippen LogP contribution >= 0.6 is 23.2 Å². The largest absolute Gasteiger partial charge is 2.00 e. The normalized spacial score (nSPS) is 11.0. The van der Waals surface area contributed by atoms with Gasteiger partial charge in [-0.2, -0.15) is 36.4 Å². The van der Waals surface area contributed by atoms with Crippen LogP contribution in [0.25, 0.3) is 0 Å². The summed E-state index contributed by atoms with van der Waals surface area (Å²) in [5.41, 5.74) is 9.28. The van der Waals surface area contributed by atoms with Gasteiger partial charge in [-0.05, 0) is 35.7 Å². The van der Waals surface area contributed by atoms with Crippen molar-refractivity contribution in [2.75, 3.05) is 0 Å². The van der Waals surface area contributed by atoms with Crippen molar-refractivity contribution in [3.05, 3.63) is 129 Å². The number of rotatable bonds is 6. The van der Waals surface area contributed by atoms with Crippen LogP contribution in [0.4, 0.5) is 0 Å². The number of nitrogens with one attached hydrogen (secondary N) is 2. The monoisotopic (exact) mass is 574 g/mol. The first-order valence-corrected chi connectivity index (χ1v) is 11.7. The zero-order chi connectivity index (χ0) is 25.9. The molecule has 0 unspecified atom stereocenters. The Hall–Kier alpha value is -3.48. The first-order chi connectivity index (χ1) is 17.4. The molecule has 37 heavy (non-hydrogen) atoms. The predicted octanol–water partition coefficient (Wildman–Crippen LogP) is 6.42. The van der Waals surface area contributed by atoms with E-state index in [9.17, 15) is 9.59 Å². The molecule has 2 amide bonds. The van der Waals surface area contributed by atoms with Crippen molar-refractivity contribution >= 4 is 46.4 Å². The molecule has 0 spiro atoms. The molecule has 0 bridgehead atoms. The number of carbonyl (C=O) groups is 2. The second-order valence-corrected chi connectivity index (χ2v) is 8.40. The first kappa shape index (κ1) is 29.7. The van der Waals surface area contributed by atoms with E-state index in [0.717, 1.165) is 22.6 Å². The summed E-state index contributed by atoms with van der Waals surface area (Å²) in [6.07, 6.45) is 0. The molecular weight excluding hydrogens is 551 g/mol. The van der Waals surface area contributed by atoms with E-state index in [2.05, 4.69) is 21.1 Å². The fourth-order valence-corrected chi connectivity index (χ4v) is 3.48. The van der Waals surface area contributed by atoms with E-state index in [1.54, 1.807) is 48.5 Å². The maximum Gasteiger partial charge on any atom is 2.00 e. The Balaban J connectivity index is 0.000000253. The number of amides is 2. The summed E-state index contributed by atoms with van der Waals surface area (Å²) in [4.78, 5) is 23.7. The number of carbonyl (C=O) groups excluding carboxylic acids is 2. The summed E-state index contributed by atoms with van der Waals surface area (Å²) >= 11 is 11.8. The van der Waals surface area contributed by atoms with Crippen LogP contribution in [-0.4, -0.2) is 23.2 Å². The van der Waals surface area contributed by atoms with Gasteiger partial charge in [0.2, 0.25) is 0 Å². The van der Waals surface area contributed by atoms with Gasteiger partial charge in [-0.3, -0.25) is 20.4 Å². The molecule has 2 N–H and O–H groups in total. The van der Waals surface area contributed by atoms with Crippen molar-refractivity contribution in [2.45, 2.75) is 13.8 Å². The second kappa shape index (κ2) is 14.9. The molecule has 0 saturated heterocycles. The summed E-state index contributed by atoms with van der Waals surface area (Å²) < 4.78 is 0. The predicted molar refractivity (Wildman–Crippen MR) is 146 cm³/mol. The van der Waals surface area contributed by atoms with Gasteiger partial charge in [0, 0.05) is 0 Å². The van der Waals surface area contributed by atoms with Gasteiger partial charge in [-0.15, -0.1) is 23.3 Å². The Morgan fingerprint density at radius 1 is 0.649 bits per heavy atom. The van der Waals surface area contributed by atoms with Crippen LogP contribution in [-0.2, 0) is 17.1 Å². The molecule has 4 rings (SSSR count). The maximum atomic E-state index is 11.8. The number of hydrogen-bond acceptors (Lipinski definition) is 4. The Morgan fingerprint density at radius 3 is 1.35 bits per heavy atom. The Morgan fingerprint density at radius 2 is 1.03 bits per heavy atom. The number of hydrogen-bond donors (Lipinski definition) is 2. The van der Waals surface area contributed by atoms with Crippen molar-refractivity contribution in [1.29, 1.82) is 0 Å². The minimum Gasteiger partial charge on any atom is -0.267 e. The van der Waals surface area contributed by atoms with E-state index in [1.165, 1.54) is 0 Å². The average Bonchev–Trinajstić information content (AvgIpc) is 3.61. The van der Waals surface area contributed by atoms with Gasteiger partial charge >= 0.3 is 17.1 Å². The molecule has 0 aliphatic carbocycles. The SMILES string of the molecule is CC(=NNC(=O)c1ccccc1Cl)c1ccc[cH-]1.CC(=NNC(=O)c1ccccc1Cl)c1ccc[cH-]1.[Fe+2]. The van der Waals surface area contributed by atoms with Crippen LogP contribution in [0.1, 0.15) is 45.7 Å².